The van der Waals surface area contributed by atoms with Crippen molar-refractivity contribution in [1.29, 1.82) is 0 Å². The molecule has 0 bridgehead atoms. The third kappa shape index (κ3) is 2.49. The second kappa shape index (κ2) is 4.76. The monoisotopic (exact) mass is 243 g/mol. The topological polar surface area (TPSA) is 141 Å². The summed E-state index contributed by atoms with van der Waals surface area (Å²) < 4.78 is 0. The molecule has 0 spiro atoms. The Bertz CT molecular complexity index is 459. The molecule has 0 aliphatic rings. The zero-order chi connectivity index (χ0) is 13.2. The third-order valence-electron chi connectivity index (χ3n) is 2.11. The van der Waals surface area contributed by atoms with Gasteiger partial charge in [-0.05, 0) is 0 Å². The number of hydrogen-bond donors (Lipinski definition) is 4. The number of phenols is 1. The van der Waals surface area contributed by atoms with Crippen molar-refractivity contribution in [3.63, 3.8) is 0 Å². The Morgan fingerprint density at radius 1 is 1.35 bits per heavy atom. The first-order valence-corrected chi connectivity index (χ1v) is 4.41. The van der Waals surface area contributed by atoms with Crippen LogP contribution in [0.25, 0.3) is 0 Å². The van der Waals surface area contributed by atoms with Gasteiger partial charge in [-0.2, -0.15) is 0 Å². The summed E-state index contributed by atoms with van der Waals surface area (Å²) in [5.41, 5.74) is -1.10. The van der Waals surface area contributed by atoms with Gasteiger partial charge in [-0.3, -0.25) is 10.1 Å². The molecule has 0 aromatic heterocycles. The molecule has 1 aromatic rings. The Balaban J connectivity index is 3.19. The molecule has 4 N–H and O–H groups in total. The van der Waals surface area contributed by atoms with Gasteiger partial charge < -0.3 is 20.4 Å². The van der Waals surface area contributed by atoms with Crippen LogP contribution in [0.4, 0.5) is 5.69 Å². The lowest BCUT2D eigenvalue weighted by Crippen LogP contribution is -2.27. The minimum Gasteiger partial charge on any atom is -0.502 e. The first kappa shape index (κ1) is 12.9. The van der Waals surface area contributed by atoms with Crippen molar-refractivity contribution in [3.8, 4) is 5.75 Å². The summed E-state index contributed by atoms with van der Waals surface area (Å²) in [5, 5.41) is 46.9. The Morgan fingerprint density at radius 2 is 1.94 bits per heavy atom. The quantitative estimate of drug-likeness (QED) is 0.423. The summed E-state index contributed by atoms with van der Waals surface area (Å²) in [6.45, 7) is 0. The third-order valence-corrected chi connectivity index (χ3v) is 2.11. The van der Waals surface area contributed by atoms with Gasteiger partial charge in [0.1, 0.15) is 6.10 Å². The molecule has 0 saturated heterocycles. The second-order valence-corrected chi connectivity index (χ2v) is 3.20. The lowest BCUT2D eigenvalue weighted by molar-refractivity contribution is -0.386. The van der Waals surface area contributed by atoms with E-state index in [9.17, 15) is 25.1 Å². The fraction of sp³-hybridized carbons (Fsp3) is 0.222. The van der Waals surface area contributed by atoms with Crippen LogP contribution < -0.4 is 0 Å². The minimum atomic E-state index is -2.18. The van der Waals surface area contributed by atoms with Crippen molar-refractivity contribution in [2.24, 2.45) is 0 Å². The summed E-state index contributed by atoms with van der Waals surface area (Å²) in [6.07, 6.45) is -4.13. The number of hydrogen-bond acceptors (Lipinski definition) is 6. The maximum absolute atomic E-state index is 10.5. The Hall–Kier alpha value is -2.19. The van der Waals surface area contributed by atoms with E-state index in [2.05, 4.69) is 0 Å². The number of aromatic hydroxyl groups is 1. The van der Waals surface area contributed by atoms with Gasteiger partial charge in [0.2, 0.25) is 0 Å². The van der Waals surface area contributed by atoms with Gasteiger partial charge in [-0.1, -0.05) is 12.1 Å². The van der Waals surface area contributed by atoms with Crippen molar-refractivity contribution >= 4 is 11.7 Å². The summed E-state index contributed by atoms with van der Waals surface area (Å²) in [6, 6.07) is 3.23. The van der Waals surface area contributed by atoms with Crippen LogP contribution in [0.5, 0.6) is 5.75 Å². The molecule has 0 heterocycles. The number of aliphatic hydroxyl groups is 2. The van der Waals surface area contributed by atoms with E-state index in [4.69, 9.17) is 10.2 Å². The molecule has 8 nitrogen and oxygen atoms in total. The highest BCUT2D eigenvalue weighted by atomic mass is 16.6. The number of aliphatic carboxylic acids is 1. The number of nitrogens with zero attached hydrogens (tertiary/aromatic N) is 1. The van der Waals surface area contributed by atoms with Gasteiger partial charge in [0.25, 0.3) is 0 Å². The zero-order valence-corrected chi connectivity index (χ0v) is 8.35. The SMILES string of the molecule is O=C(O)C(O)C(O)c1cccc([N+](=O)[O-])c1O. The number of rotatable bonds is 4. The molecule has 0 amide bonds. The lowest BCUT2D eigenvalue weighted by atomic mass is 10.0. The van der Waals surface area contributed by atoms with E-state index in [1.165, 1.54) is 0 Å². The molecule has 1 rings (SSSR count). The summed E-state index contributed by atoms with van der Waals surface area (Å²) >= 11 is 0. The highest BCUT2D eigenvalue weighted by Gasteiger charge is 2.30. The first-order valence-electron chi connectivity index (χ1n) is 4.41. The number of para-hydroxylation sites is 1. The summed E-state index contributed by atoms with van der Waals surface area (Å²) in [4.78, 5) is 20.0. The van der Waals surface area contributed by atoms with Gasteiger partial charge in [0, 0.05) is 11.6 Å². The molecule has 0 saturated carbocycles. The maximum Gasteiger partial charge on any atom is 0.335 e. The van der Waals surface area contributed by atoms with Crippen molar-refractivity contribution in [2.75, 3.05) is 0 Å². The number of carbonyl (C=O) groups is 1. The highest BCUT2D eigenvalue weighted by Crippen LogP contribution is 2.34. The van der Waals surface area contributed by atoms with Crippen molar-refractivity contribution < 1.29 is 30.1 Å². The van der Waals surface area contributed by atoms with Gasteiger partial charge in [0.15, 0.2) is 11.9 Å². The second-order valence-electron chi connectivity index (χ2n) is 3.20. The molecule has 0 fully saturated rings. The lowest BCUT2D eigenvalue weighted by Gasteiger charge is -2.15. The van der Waals surface area contributed by atoms with Crippen LogP contribution in [0.2, 0.25) is 0 Å². The zero-order valence-electron chi connectivity index (χ0n) is 8.35. The van der Waals surface area contributed by atoms with Crippen LogP contribution in [0, 0.1) is 10.1 Å². The Labute approximate surface area is 94.5 Å². The molecule has 0 radical (unpaired) electrons. The summed E-state index contributed by atoms with van der Waals surface area (Å²) in [7, 11) is 0. The standard InChI is InChI=1S/C9H9NO7/c11-6-4(7(12)8(13)9(14)15)2-1-3-5(6)10(16)17/h1-3,7-8,11-13H,(H,14,15). The average molecular weight is 243 g/mol. The van der Waals surface area contributed by atoms with E-state index in [0.29, 0.717) is 0 Å². The molecule has 17 heavy (non-hydrogen) atoms. The van der Waals surface area contributed by atoms with Crippen molar-refractivity contribution in [1.82, 2.24) is 0 Å². The van der Waals surface area contributed by atoms with Gasteiger partial charge >= 0.3 is 11.7 Å². The van der Waals surface area contributed by atoms with E-state index in [0.717, 1.165) is 18.2 Å². The summed E-state index contributed by atoms with van der Waals surface area (Å²) in [5.74, 6) is -2.58. The smallest absolute Gasteiger partial charge is 0.335 e. The highest BCUT2D eigenvalue weighted by molar-refractivity contribution is 5.73. The number of aliphatic hydroxyl groups excluding tert-OH is 2. The van der Waals surface area contributed by atoms with E-state index < -0.39 is 40.1 Å². The molecule has 2 unspecified atom stereocenters. The molecule has 0 aliphatic heterocycles. The van der Waals surface area contributed by atoms with Crippen LogP contribution in [-0.4, -0.2) is 37.4 Å². The fourth-order valence-corrected chi connectivity index (χ4v) is 1.24. The van der Waals surface area contributed by atoms with E-state index in [1.54, 1.807) is 0 Å². The molecule has 8 heteroatoms. The molecular formula is C9H9NO7. The predicted molar refractivity (Wildman–Crippen MR) is 53.4 cm³/mol. The Morgan fingerprint density at radius 3 is 2.41 bits per heavy atom. The van der Waals surface area contributed by atoms with Crippen LogP contribution in [0.15, 0.2) is 18.2 Å². The van der Waals surface area contributed by atoms with E-state index in [-0.39, 0.29) is 0 Å². The molecule has 92 valence electrons. The van der Waals surface area contributed by atoms with Gasteiger partial charge in [-0.25, -0.2) is 4.79 Å². The average Bonchev–Trinajstić information content (AvgIpc) is 2.26. The number of carboxylic acids is 1. The van der Waals surface area contributed by atoms with Crippen molar-refractivity contribution in [2.45, 2.75) is 12.2 Å². The van der Waals surface area contributed by atoms with Crippen LogP contribution in [-0.2, 0) is 4.79 Å². The van der Waals surface area contributed by atoms with E-state index in [1.807, 2.05) is 0 Å². The molecule has 1 aromatic carbocycles. The predicted octanol–water partition coefficient (Wildman–Crippen LogP) is -0.221. The number of carboxylic acid groups (broad SMARTS) is 1. The largest absolute Gasteiger partial charge is 0.502 e. The molecular weight excluding hydrogens is 234 g/mol. The normalized spacial score (nSPS) is 14.0. The van der Waals surface area contributed by atoms with Crippen LogP contribution in [0.3, 0.4) is 0 Å². The minimum absolute atomic E-state index is 0.422. The van der Waals surface area contributed by atoms with Gasteiger partial charge in [0.05, 0.1) is 4.92 Å². The Kier molecular flexibility index (Phi) is 3.61. The number of nitro benzene ring substituents is 1. The van der Waals surface area contributed by atoms with E-state index >= 15 is 0 Å². The number of nitro groups is 1. The number of phenolic OH excluding ortho intramolecular Hbond substituents is 1. The van der Waals surface area contributed by atoms with Gasteiger partial charge in [-0.15, -0.1) is 0 Å². The molecule has 0 aliphatic carbocycles. The van der Waals surface area contributed by atoms with Crippen molar-refractivity contribution in [3.05, 3.63) is 33.9 Å². The molecule has 2 atom stereocenters. The first-order chi connectivity index (χ1) is 7.86. The maximum atomic E-state index is 10.5. The number of benzene rings is 1. The fourth-order valence-electron chi connectivity index (χ4n) is 1.24. The van der Waals surface area contributed by atoms with Crippen LogP contribution >= 0.6 is 0 Å². The van der Waals surface area contributed by atoms with Crippen LogP contribution in [0.1, 0.15) is 11.7 Å².